The molecule has 0 spiro atoms. The summed E-state index contributed by atoms with van der Waals surface area (Å²) >= 11 is 0. The maximum absolute atomic E-state index is 13.6. The normalized spacial score (nSPS) is 16.6. The van der Waals surface area contributed by atoms with Gasteiger partial charge in [-0.05, 0) is 6.92 Å². The highest BCUT2D eigenvalue weighted by molar-refractivity contribution is 5.31. The Kier molecular flexibility index (Phi) is 4.13. The minimum atomic E-state index is -0.333. The van der Waals surface area contributed by atoms with Crippen molar-refractivity contribution in [3.63, 3.8) is 0 Å². The van der Waals surface area contributed by atoms with Gasteiger partial charge in [0.1, 0.15) is 0 Å². The smallest absolute Gasteiger partial charge is 0.227 e. The van der Waals surface area contributed by atoms with Crippen molar-refractivity contribution in [2.24, 2.45) is 0 Å². The monoisotopic (exact) mass is 236 g/mol. The van der Waals surface area contributed by atoms with Crippen LogP contribution in [0.2, 0.25) is 0 Å². The van der Waals surface area contributed by atoms with Gasteiger partial charge in [0.25, 0.3) is 0 Å². The summed E-state index contributed by atoms with van der Waals surface area (Å²) in [6, 6.07) is 0. The summed E-state index contributed by atoms with van der Waals surface area (Å²) < 4.78 is 14.9. The van der Waals surface area contributed by atoms with Crippen molar-refractivity contribution < 1.29 is 4.39 Å². The Morgan fingerprint density at radius 2 is 2.24 bits per heavy atom. The van der Waals surface area contributed by atoms with Crippen LogP contribution in [0.1, 0.15) is 12.5 Å². The van der Waals surface area contributed by atoms with Crippen LogP contribution in [0.25, 0.3) is 0 Å². The summed E-state index contributed by atoms with van der Waals surface area (Å²) in [4.78, 5) is 2.26. The SMILES string of the molecule is CCn1ncc(C#CCN2CCNCC2)c1F. The lowest BCUT2D eigenvalue weighted by Crippen LogP contribution is -2.43. The molecule has 1 aromatic heterocycles. The number of halogens is 1. The number of rotatable bonds is 2. The van der Waals surface area contributed by atoms with E-state index in [1.165, 1.54) is 10.9 Å². The van der Waals surface area contributed by atoms with Crippen LogP contribution in [0.5, 0.6) is 0 Å². The lowest BCUT2D eigenvalue weighted by molar-refractivity contribution is 0.268. The van der Waals surface area contributed by atoms with E-state index in [2.05, 4.69) is 27.2 Å². The van der Waals surface area contributed by atoms with Gasteiger partial charge in [-0.2, -0.15) is 9.49 Å². The second-order valence-corrected chi connectivity index (χ2v) is 3.99. The summed E-state index contributed by atoms with van der Waals surface area (Å²) in [6.45, 7) is 7.10. The largest absolute Gasteiger partial charge is 0.314 e. The Morgan fingerprint density at radius 3 is 2.88 bits per heavy atom. The first-order valence-corrected chi connectivity index (χ1v) is 5.94. The summed E-state index contributed by atoms with van der Waals surface area (Å²) in [5, 5.41) is 7.19. The van der Waals surface area contributed by atoms with E-state index in [4.69, 9.17) is 0 Å². The van der Waals surface area contributed by atoms with Gasteiger partial charge in [0, 0.05) is 32.7 Å². The molecule has 0 aliphatic carbocycles. The highest BCUT2D eigenvalue weighted by atomic mass is 19.1. The van der Waals surface area contributed by atoms with Gasteiger partial charge < -0.3 is 5.32 Å². The number of nitrogens with zero attached hydrogens (tertiary/aromatic N) is 3. The number of hydrogen-bond donors (Lipinski definition) is 1. The first kappa shape index (κ1) is 12.1. The summed E-state index contributed by atoms with van der Waals surface area (Å²) in [7, 11) is 0. The second-order valence-electron chi connectivity index (χ2n) is 3.99. The molecular formula is C12H17FN4. The van der Waals surface area contributed by atoms with Crippen LogP contribution in [0.3, 0.4) is 0 Å². The fourth-order valence-electron chi connectivity index (χ4n) is 1.79. The molecule has 1 saturated heterocycles. The number of nitrogens with one attached hydrogen (secondary N) is 1. The van der Waals surface area contributed by atoms with Crippen LogP contribution >= 0.6 is 0 Å². The molecule has 1 aliphatic heterocycles. The van der Waals surface area contributed by atoms with Gasteiger partial charge in [-0.25, -0.2) is 4.68 Å². The van der Waals surface area contributed by atoms with E-state index in [0.717, 1.165) is 26.2 Å². The van der Waals surface area contributed by atoms with Crippen molar-refractivity contribution in [2.45, 2.75) is 13.5 Å². The van der Waals surface area contributed by atoms with Crippen molar-refractivity contribution in [3.8, 4) is 11.8 Å². The van der Waals surface area contributed by atoms with Crippen molar-refractivity contribution >= 4 is 0 Å². The Hall–Kier alpha value is -1.38. The lowest BCUT2D eigenvalue weighted by atomic mass is 10.3. The fraction of sp³-hybridized carbons (Fsp3) is 0.583. The zero-order chi connectivity index (χ0) is 12.1. The van der Waals surface area contributed by atoms with E-state index >= 15 is 0 Å². The molecule has 0 saturated carbocycles. The maximum Gasteiger partial charge on any atom is 0.227 e. The van der Waals surface area contributed by atoms with Crippen molar-refractivity contribution in [1.29, 1.82) is 0 Å². The number of aryl methyl sites for hydroxylation is 1. The van der Waals surface area contributed by atoms with Gasteiger partial charge in [-0.3, -0.25) is 4.90 Å². The molecule has 0 bridgehead atoms. The van der Waals surface area contributed by atoms with Gasteiger partial charge >= 0.3 is 0 Å². The van der Waals surface area contributed by atoms with E-state index in [1.807, 2.05) is 6.92 Å². The fourth-order valence-corrected chi connectivity index (χ4v) is 1.79. The highest BCUT2D eigenvalue weighted by Gasteiger charge is 2.08. The van der Waals surface area contributed by atoms with Crippen molar-refractivity contribution in [1.82, 2.24) is 20.0 Å². The van der Waals surface area contributed by atoms with Crippen molar-refractivity contribution in [2.75, 3.05) is 32.7 Å². The average molecular weight is 236 g/mol. The molecule has 0 amide bonds. The van der Waals surface area contributed by atoms with Gasteiger partial charge in [-0.1, -0.05) is 11.8 Å². The number of hydrogen-bond acceptors (Lipinski definition) is 3. The van der Waals surface area contributed by atoms with E-state index in [1.54, 1.807) is 0 Å². The third-order valence-corrected chi connectivity index (χ3v) is 2.81. The molecule has 0 radical (unpaired) electrons. The van der Waals surface area contributed by atoms with Crippen molar-refractivity contribution in [3.05, 3.63) is 17.7 Å². The average Bonchev–Trinajstić information content (AvgIpc) is 2.72. The zero-order valence-electron chi connectivity index (χ0n) is 10.0. The molecule has 5 heteroatoms. The topological polar surface area (TPSA) is 33.1 Å². The van der Waals surface area contributed by atoms with Gasteiger partial charge in [0.05, 0.1) is 18.3 Å². The first-order chi connectivity index (χ1) is 8.31. The molecule has 1 fully saturated rings. The molecule has 1 N–H and O–H groups in total. The quantitative estimate of drug-likeness (QED) is 0.750. The van der Waals surface area contributed by atoms with Crippen LogP contribution < -0.4 is 5.32 Å². The number of piperazine rings is 1. The summed E-state index contributed by atoms with van der Waals surface area (Å²) in [5.74, 6) is 5.52. The Bertz CT molecular complexity index is 423. The predicted octanol–water partition coefficient (Wildman–Crippen LogP) is 0.299. The molecule has 2 rings (SSSR count). The number of aromatic nitrogens is 2. The van der Waals surface area contributed by atoms with E-state index in [9.17, 15) is 4.39 Å². The highest BCUT2D eigenvalue weighted by Crippen LogP contribution is 2.04. The molecular weight excluding hydrogens is 219 g/mol. The van der Waals surface area contributed by atoms with Crippen LogP contribution in [0, 0.1) is 17.8 Å². The summed E-state index contributed by atoms with van der Waals surface area (Å²) in [5.41, 5.74) is 0.391. The minimum absolute atomic E-state index is 0.333. The van der Waals surface area contributed by atoms with E-state index < -0.39 is 0 Å². The Morgan fingerprint density at radius 1 is 1.47 bits per heavy atom. The second kappa shape index (κ2) is 5.80. The Labute approximate surface area is 101 Å². The third-order valence-electron chi connectivity index (χ3n) is 2.81. The van der Waals surface area contributed by atoms with Gasteiger partial charge in [0.2, 0.25) is 5.95 Å². The van der Waals surface area contributed by atoms with E-state index in [0.29, 0.717) is 18.7 Å². The molecule has 1 aromatic rings. The molecule has 0 aromatic carbocycles. The minimum Gasteiger partial charge on any atom is -0.314 e. The van der Waals surface area contributed by atoms with Gasteiger partial charge in [-0.15, -0.1) is 0 Å². The lowest BCUT2D eigenvalue weighted by Gasteiger charge is -2.24. The van der Waals surface area contributed by atoms with E-state index in [-0.39, 0.29) is 5.95 Å². The standard InChI is InChI=1S/C12H17FN4/c1-2-17-12(13)11(10-15-17)4-3-7-16-8-5-14-6-9-16/h10,14H,2,5-9H2,1H3. The first-order valence-electron chi connectivity index (χ1n) is 5.94. The summed E-state index contributed by atoms with van der Waals surface area (Å²) in [6.07, 6.45) is 1.49. The zero-order valence-corrected chi connectivity index (χ0v) is 10.0. The molecule has 0 atom stereocenters. The van der Waals surface area contributed by atoms with Gasteiger partial charge in [0.15, 0.2) is 0 Å². The molecule has 17 heavy (non-hydrogen) atoms. The maximum atomic E-state index is 13.6. The molecule has 92 valence electrons. The predicted molar refractivity (Wildman–Crippen MR) is 64.0 cm³/mol. The third kappa shape index (κ3) is 3.05. The molecule has 2 heterocycles. The van der Waals surface area contributed by atoms with Crippen LogP contribution in [-0.4, -0.2) is 47.4 Å². The molecule has 1 aliphatic rings. The van der Waals surface area contributed by atoms with Crippen LogP contribution in [-0.2, 0) is 6.54 Å². The Balaban J connectivity index is 1.93. The molecule has 4 nitrogen and oxygen atoms in total. The van der Waals surface area contributed by atoms with Crippen LogP contribution in [0.15, 0.2) is 6.20 Å². The molecule has 0 unspecified atom stereocenters. The van der Waals surface area contributed by atoms with Crippen LogP contribution in [0.4, 0.5) is 4.39 Å².